The number of likely N-dealkylation sites (tertiary alicyclic amines) is 1. The van der Waals surface area contributed by atoms with Crippen molar-refractivity contribution in [2.75, 3.05) is 26.2 Å². The van der Waals surface area contributed by atoms with Gasteiger partial charge < -0.3 is 15.2 Å². The van der Waals surface area contributed by atoms with Gasteiger partial charge in [-0.25, -0.2) is 4.99 Å². The number of hydrogen-bond acceptors (Lipinski definition) is 4. The van der Waals surface area contributed by atoms with E-state index in [1.807, 2.05) is 0 Å². The van der Waals surface area contributed by atoms with Crippen LogP contribution < -0.4 is 10.6 Å². The number of nitrogens with zero attached hydrogens (tertiary/aromatic N) is 3. The van der Waals surface area contributed by atoms with Gasteiger partial charge in [0.05, 0.1) is 12.2 Å². The minimum Gasteiger partial charge on any atom is -0.361 e. The van der Waals surface area contributed by atoms with Crippen LogP contribution in [0.15, 0.2) is 9.52 Å². The minimum atomic E-state index is 0. The number of aryl methyl sites for hydroxylation is 2. The van der Waals surface area contributed by atoms with E-state index in [0.717, 1.165) is 54.8 Å². The van der Waals surface area contributed by atoms with Crippen LogP contribution in [0.1, 0.15) is 64.5 Å². The molecule has 0 aliphatic carbocycles. The molecular formula is C20H38IN5O. The van der Waals surface area contributed by atoms with Gasteiger partial charge in [0.2, 0.25) is 0 Å². The normalized spacial score (nSPS) is 19.4. The molecule has 0 spiro atoms. The van der Waals surface area contributed by atoms with Gasteiger partial charge in [-0.15, -0.1) is 24.0 Å². The topological polar surface area (TPSA) is 65.7 Å². The maximum atomic E-state index is 5.45. The van der Waals surface area contributed by atoms with Crippen molar-refractivity contribution in [1.82, 2.24) is 20.7 Å². The van der Waals surface area contributed by atoms with Crippen LogP contribution in [0.25, 0.3) is 0 Å². The zero-order valence-electron chi connectivity index (χ0n) is 17.7. The van der Waals surface area contributed by atoms with Gasteiger partial charge in [0.1, 0.15) is 5.76 Å². The van der Waals surface area contributed by atoms with Crippen LogP contribution in [0.5, 0.6) is 0 Å². The maximum Gasteiger partial charge on any atom is 0.191 e. The van der Waals surface area contributed by atoms with Crippen molar-refractivity contribution in [3.05, 3.63) is 17.0 Å². The number of hydrogen-bond donors (Lipinski definition) is 2. The molecule has 7 heteroatoms. The smallest absolute Gasteiger partial charge is 0.191 e. The van der Waals surface area contributed by atoms with Crippen LogP contribution in [0.4, 0.5) is 0 Å². The molecule has 6 nitrogen and oxygen atoms in total. The minimum absolute atomic E-state index is 0. The summed E-state index contributed by atoms with van der Waals surface area (Å²) in [5, 5.41) is 11.1. The lowest BCUT2D eigenvalue weighted by atomic mass is 9.99. The summed E-state index contributed by atoms with van der Waals surface area (Å²) in [4.78, 5) is 7.37. The van der Waals surface area contributed by atoms with Crippen LogP contribution in [-0.4, -0.2) is 48.2 Å². The molecule has 0 radical (unpaired) electrons. The maximum absolute atomic E-state index is 5.45. The van der Waals surface area contributed by atoms with Gasteiger partial charge in [-0.1, -0.05) is 25.9 Å². The van der Waals surface area contributed by atoms with Crippen LogP contribution in [0, 0.1) is 5.92 Å². The molecule has 2 N–H and O–H groups in total. The molecule has 27 heavy (non-hydrogen) atoms. The molecule has 156 valence electrons. The largest absolute Gasteiger partial charge is 0.361 e. The van der Waals surface area contributed by atoms with E-state index < -0.39 is 0 Å². The molecule has 0 amide bonds. The van der Waals surface area contributed by atoms with Crippen molar-refractivity contribution in [1.29, 1.82) is 0 Å². The molecule has 0 aromatic carbocycles. The number of aromatic nitrogens is 1. The monoisotopic (exact) mass is 491 g/mol. The predicted molar refractivity (Wildman–Crippen MR) is 123 cm³/mol. The lowest BCUT2D eigenvalue weighted by molar-refractivity contribution is 0.139. The Morgan fingerprint density at radius 3 is 2.70 bits per heavy atom. The molecule has 2 atom stereocenters. The Morgan fingerprint density at radius 2 is 2.07 bits per heavy atom. The highest BCUT2D eigenvalue weighted by Crippen LogP contribution is 2.18. The Balaban J connectivity index is 0.00000364. The number of aliphatic imine (C=N–C) groups is 1. The highest BCUT2D eigenvalue weighted by Gasteiger charge is 2.21. The van der Waals surface area contributed by atoms with E-state index in [0.29, 0.717) is 12.6 Å². The molecule has 1 aliphatic rings. The van der Waals surface area contributed by atoms with Crippen molar-refractivity contribution in [3.63, 3.8) is 0 Å². The SMILES string of the molecule is CCNC(=NCc1c(CC)noc1CC)NCC(C)N1CCCC(C)C1.I. The highest BCUT2D eigenvalue weighted by molar-refractivity contribution is 14.0. The van der Waals surface area contributed by atoms with Crippen molar-refractivity contribution in [2.24, 2.45) is 10.9 Å². The van der Waals surface area contributed by atoms with Crippen LogP contribution in [0.2, 0.25) is 0 Å². The van der Waals surface area contributed by atoms with Gasteiger partial charge in [-0.05, 0) is 45.6 Å². The van der Waals surface area contributed by atoms with Crippen molar-refractivity contribution < 1.29 is 4.52 Å². The Hall–Kier alpha value is -0.830. The molecule has 0 saturated carbocycles. The fourth-order valence-electron chi connectivity index (χ4n) is 3.62. The summed E-state index contributed by atoms with van der Waals surface area (Å²) in [7, 11) is 0. The van der Waals surface area contributed by atoms with Crippen LogP contribution >= 0.6 is 24.0 Å². The van der Waals surface area contributed by atoms with E-state index in [1.165, 1.54) is 25.9 Å². The first-order valence-corrected chi connectivity index (χ1v) is 10.3. The second-order valence-corrected chi connectivity index (χ2v) is 7.41. The lowest BCUT2D eigenvalue weighted by Crippen LogP contribution is -2.48. The Morgan fingerprint density at radius 1 is 1.30 bits per heavy atom. The third kappa shape index (κ3) is 7.25. The average molecular weight is 491 g/mol. The highest BCUT2D eigenvalue weighted by atomic mass is 127. The number of piperidine rings is 1. The van der Waals surface area contributed by atoms with E-state index in [1.54, 1.807) is 0 Å². The average Bonchev–Trinajstić information content (AvgIpc) is 3.05. The second-order valence-electron chi connectivity index (χ2n) is 7.41. The summed E-state index contributed by atoms with van der Waals surface area (Å²) in [6, 6.07) is 0.509. The molecule has 1 aromatic rings. The molecule has 0 bridgehead atoms. The van der Waals surface area contributed by atoms with Gasteiger partial charge in [0.15, 0.2) is 5.96 Å². The zero-order valence-corrected chi connectivity index (χ0v) is 20.0. The second kappa shape index (κ2) is 12.6. The molecule has 2 rings (SSSR count). The summed E-state index contributed by atoms with van der Waals surface area (Å²) < 4.78 is 5.45. The summed E-state index contributed by atoms with van der Waals surface area (Å²) >= 11 is 0. The predicted octanol–water partition coefficient (Wildman–Crippen LogP) is 3.59. The van der Waals surface area contributed by atoms with E-state index in [-0.39, 0.29) is 24.0 Å². The van der Waals surface area contributed by atoms with E-state index in [4.69, 9.17) is 9.52 Å². The van der Waals surface area contributed by atoms with Gasteiger partial charge in [0, 0.05) is 37.7 Å². The lowest BCUT2D eigenvalue weighted by Gasteiger charge is -2.35. The first-order chi connectivity index (χ1) is 12.6. The molecule has 2 unspecified atom stereocenters. The summed E-state index contributed by atoms with van der Waals surface area (Å²) in [6.07, 6.45) is 4.40. The molecule has 1 saturated heterocycles. The fourth-order valence-corrected chi connectivity index (χ4v) is 3.62. The van der Waals surface area contributed by atoms with Gasteiger partial charge in [-0.3, -0.25) is 4.90 Å². The number of nitrogens with one attached hydrogen (secondary N) is 2. The third-order valence-electron chi connectivity index (χ3n) is 5.22. The Bertz CT molecular complexity index is 553. The quantitative estimate of drug-likeness (QED) is 0.331. The van der Waals surface area contributed by atoms with Crippen molar-refractivity contribution in [3.8, 4) is 0 Å². The first kappa shape index (κ1) is 24.2. The van der Waals surface area contributed by atoms with Gasteiger partial charge in [0.25, 0.3) is 0 Å². The first-order valence-electron chi connectivity index (χ1n) is 10.3. The molecule has 2 heterocycles. The summed E-state index contributed by atoms with van der Waals surface area (Å²) in [6.45, 7) is 15.7. The number of halogens is 1. The summed E-state index contributed by atoms with van der Waals surface area (Å²) in [5.41, 5.74) is 2.17. The standard InChI is InChI=1S/C20H37N5O.HI/c1-6-18-17(19(7-2)26-24-18)13-23-20(21-8-3)22-12-16(5)25-11-9-10-15(4)14-25;/h15-16H,6-14H2,1-5H3,(H2,21,22,23);1H. The zero-order chi connectivity index (χ0) is 18.9. The molecule has 1 fully saturated rings. The van der Waals surface area contributed by atoms with Crippen molar-refractivity contribution in [2.45, 2.75) is 72.9 Å². The fraction of sp³-hybridized carbons (Fsp3) is 0.800. The van der Waals surface area contributed by atoms with Gasteiger partial charge >= 0.3 is 0 Å². The van der Waals surface area contributed by atoms with E-state index >= 15 is 0 Å². The van der Waals surface area contributed by atoms with E-state index in [2.05, 4.69) is 55.3 Å². The Kier molecular flexibility index (Phi) is 11.3. The Labute approximate surface area is 181 Å². The molecule has 1 aliphatic heterocycles. The summed E-state index contributed by atoms with van der Waals surface area (Å²) in [5.74, 6) is 2.63. The van der Waals surface area contributed by atoms with Crippen molar-refractivity contribution >= 4 is 29.9 Å². The van der Waals surface area contributed by atoms with Crippen LogP contribution in [0.3, 0.4) is 0 Å². The number of guanidine groups is 1. The van der Waals surface area contributed by atoms with E-state index in [9.17, 15) is 0 Å². The molecular weight excluding hydrogens is 453 g/mol. The molecule has 1 aromatic heterocycles. The van der Waals surface area contributed by atoms with Gasteiger partial charge in [-0.2, -0.15) is 0 Å². The van der Waals surface area contributed by atoms with Crippen LogP contribution in [-0.2, 0) is 19.4 Å². The number of rotatable bonds is 8. The third-order valence-corrected chi connectivity index (χ3v) is 5.22.